The predicted molar refractivity (Wildman–Crippen MR) is 77.1 cm³/mol. The van der Waals surface area contributed by atoms with Crippen LogP contribution in [0.25, 0.3) is 0 Å². The maximum absolute atomic E-state index is 12.1. The summed E-state index contributed by atoms with van der Waals surface area (Å²) < 4.78 is 5.59. The number of anilines is 1. The summed E-state index contributed by atoms with van der Waals surface area (Å²) in [6.45, 7) is 5.07. The van der Waals surface area contributed by atoms with E-state index in [0.717, 1.165) is 0 Å². The van der Waals surface area contributed by atoms with Gasteiger partial charge in [-0.15, -0.1) is 0 Å². The van der Waals surface area contributed by atoms with Gasteiger partial charge in [-0.1, -0.05) is 23.2 Å². The summed E-state index contributed by atoms with van der Waals surface area (Å²) in [6, 6.07) is 4.86. The van der Waals surface area contributed by atoms with Crippen molar-refractivity contribution >= 4 is 34.9 Å². The Morgan fingerprint density at radius 2 is 1.89 bits per heavy atom. The molecule has 2 atom stereocenters. The number of hydrogen-bond donors (Lipinski definition) is 1. The molecule has 0 radical (unpaired) electrons. The molecule has 1 fully saturated rings. The quantitative estimate of drug-likeness (QED) is 0.860. The van der Waals surface area contributed by atoms with E-state index in [0.29, 0.717) is 28.8 Å². The number of morpholine rings is 1. The van der Waals surface area contributed by atoms with Crippen molar-refractivity contribution in [1.82, 2.24) is 4.90 Å². The van der Waals surface area contributed by atoms with Gasteiger partial charge in [-0.25, -0.2) is 4.79 Å². The Morgan fingerprint density at radius 3 is 2.47 bits per heavy atom. The lowest BCUT2D eigenvalue weighted by atomic mass is 10.2. The van der Waals surface area contributed by atoms with Crippen LogP contribution in [0.1, 0.15) is 13.8 Å². The van der Waals surface area contributed by atoms with Gasteiger partial charge in [0.2, 0.25) is 0 Å². The summed E-state index contributed by atoms with van der Waals surface area (Å²) >= 11 is 11.7. The number of nitrogens with zero attached hydrogens (tertiary/aromatic N) is 1. The van der Waals surface area contributed by atoms with E-state index in [2.05, 4.69) is 5.32 Å². The summed E-state index contributed by atoms with van der Waals surface area (Å²) in [5.41, 5.74) is 0.631. The highest BCUT2D eigenvalue weighted by atomic mass is 35.5. The largest absolute Gasteiger partial charge is 0.372 e. The third-order valence-electron chi connectivity index (χ3n) is 2.88. The average Bonchev–Trinajstić information content (AvgIpc) is 2.32. The highest BCUT2D eigenvalue weighted by Gasteiger charge is 2.25. The predicted octanol–water partition coefficient (Wildman–Crippen LogP) is 3.63. The van der Waals surface area contributed by atoms with Crippen LogP contribution in [0.5, 0.6) is 0 Å². The summed E-state index contributed by atoms with van der Waals surface area (Å²) in [4.78, 5) is 13.9. The topological polar surface area (TPSA) is 41.6 Å². The smallest absolute Gasteiger partial charge is 0.322 e. The molecule has 104 valence electrons. The lowest BCUT2D eigenvalue weighted by Gasteiger charge is -2.35. The van der Waals surface area contributed by atoms with Gasteiger partial charge in [0.15, 0.2) is 0 Å². The molecule has 1 aromatic carbocycles. The van der Waals surface area contributed by atoms with Gasteiger partial charge in [0, 0.05) is 18.8 Å². The van der Waals surface area contributed by atoms with Crippen LogP contribution in [0.4, 0.5) is 10.5 Å². The summed E-state index contributed by atoms with van der Waals surface area (Å²) in [5, 5.41) is 3.69. The number of ether oxygens (including phenoxy) is 1. The molecule has 6 heteroatoms. The maximum Gasteiger partial charge on any atom is 0.322 e. The number of amides is 2. The van der Waals surface area contributed by atoms with Gasteiger partial charge in [0.05, 0.1) is 22.3 Å². The molecule has 0 spiro atoms. The maximum atomic E-state index is 12.1. The van der Waals surface area contributed by atoms with Gasteiger partial charge >= 0.3 is 6.03 Å². The Balaban J connectivity index is 2.02. The minimum absolute atomic E-state index is 0.0447. The minimum Gasteiger partial charge on any atom is -0.372 e. The van der Waals surface area contributed by atoms with Gasteiger partial charge in [0.1, 0.15) is 0 Å². The highest BCUT2D eigenvalue weighted by Crippen LogP contribution is 2.25. The van der Waals surface area contributed by atoms with Crippen molar-refractivity contribution in [3.05, 3.63) is 28.2 Å². The second kappa shape index (κ2) is 5.99. The molecule has 0 aliphatic carbocycles. The molecule has 2 rings (SSSR count). The van der Waals surface area contributed by atoms with Crippen molar-refractivity contribution in [2.24, 2.45) is 0 Å². The van der Waals surface area contributed by atoms with Gasteiger partial charge < -0.3 is 15.0 Å². The molecule has 0 aromatic heterocycles. The van der Waals surface area contributed by atoms with Crippen LogP contribution in [0.3, 0.4) is 0 Å². The number of benzene rings is 1. The van der Waals surface area contributed by atoms with Crippen molar-refractivity contribution in [3.63, 3.8) is 0 Å². The number of halogens is 2. The Labute approximate surface area is 122 Å². The zero-order valence-corrected chi connectivity index (χ0v) is 12.3. The zero-order valence-electron chi connectivity index (χ0n) is 10.8. The van der Waals surface area contributed by atoms with Crippen LogP contribution in [-0.2, 0) is 4.74 Å². The molecule has 1 aliphatic heterocycles. The molecular weight excluding hydrogens is 287 g/mol. The van der Waals surface area contributed by atoms with Gasteiger partial charge in [-0.05, 0) is 32.0 Å². The first kappa shape index (κ1) is 14.4. The number of urea groups is 1. The van der Waals surface area contributed by atoms with E-state index < -0.39 is 0 Å². The second-order valence-electron chi connectivity index (χ2n) is 4.72. The van der Waals surface area contributed by atoms with E-state index in [9.17, 15) is 4.79 Å². The first-order chi connectivity index (χ1) is 8.95. The molecule has 0 unspecified atom stereocenters. The molecule has 1 aromatic rings. The van der Waals surface area contributed by atoms with Gasteiger partial charge in [0.25, 0.3) is 0 Å². The Hall–Kier alpha value is -0.970. The third-order valence-corrected chi connectivity index (χ3v) is 3.62. The van der Waals surface area contributed by atoms with Crippen molar-refractivity contribution < 1.29 is 9.53 Å². The molecule has 2 amide bonds. The van der Waals surface area contributed by atoms with Crippen molar-refractivity contribution in [3.8, 4) is 0 Å². The number of carbonyl (C=O) groups excluding carboxylic acids is 1. The zero-order chi connectivity index (χ0) is 14.0. The fourth-order valence-corrected chi connectivity index (χ4v) is 2.42. The Kier molecular flexibility index (Phi) is 4.55. The molecule has 0 saturated carbocycles. The first-order valence-electron chi connectivity index (χ1n) is 6.12. The van der Waals surface area contributed by atoms with E-state index in [1.165, 1.54) is 0 Å². The van der Waals surface area contributed by atoms with Crippen LogP contribution in [0.2, 0.25) is 10.0 Å². The normalized spacial score (nSPS) is 23.3. The molecule has 1 N–H and O–H groups in total. The molecule has 1 saturated heterocycles. The molecule has 1 heterocycles. The van der Waals surface area contributed by atoms with Gasteiger partial charge in [-0.2, -0.15) is 0 Å². The molecule has 19 heavy (non-hydrogen) atoms. The van der Waals surface area contributed by atoms with E-state index in [-0.39, 0.29) is 18.2 Å². The van der Waals surface area contributed by atoms with Crippen LogP contribution < -0.4 is 5.32 Å². The van der Waals surface area contributed by atoms with E-state index in [1.54, 1.807) is 23.1 Å². The third kappa shape index (κ3) is 3.75. The van der Waals surface area contributed by atoms with Crippen LogP contribution in [-0.4, -0.2) is 36.2 Å². The molecule has 1 aliphatic rings. The first-order valence-corrected chi connectivity index (χ1v) is 6.87. The second-order valence-corrected chi connectivity index (χ2v) is 5.54. The highest BCUT2D eigenvalue weighted by molar-refractivity contribution is 6.42. The lowest BCUT2D eigenvalue weighted by Crippen LogP contribution is -2.49. The lowest BCUT2D eigenvalue weighted by molar-refractivity contribution is -0.0530. The van der Waals surface area contributed by atoms with Crippen LogP contribution in [0.15, 0.2) is 18.2 Å². The van der Waals surface area contributed by atoms with Gasteiger partial charge in [-0.3, -0.25) is 0 Å². The molecular formula is C13H16Cl2N2O2. The Bertz CT molecular complexity index is 472. The number of hydrogen-bond acceptors (Lipinski definition) is 2. The Morgan fingerprint density at radius 1 is 1.26 bits per heavy atom. The number of carbonyl (C=O) groups is 1. The van der Waals surface area contributed by atoms with Crippen LogP contribution in [0, 0.1) is 0 Å². The fraction of sp³-hybridized carbons (Fsp3) is 0.462. The van der Waals surface area contributed by atoms with E-state index in [1.807, 2.05) is 13.8 Å². The van der Waals surface area contributed by atoms with Crippen molar-refractivity contribution in [1.29, 1.82) is 0 Å². The van der Waals surface area contributed by atoms with Crippen molar-refractivity contribution in [2.45, 2.75) is 26.1 Å². The van der Waals surface area contributed by atoms with Crippen molar-refractivity contribution in [2.75, 3.05) is 18.4 Å². The summed E-state index contributed by atoms with van der Waals surface area (Å²) in [5.74, 6) is 0. The van der Waals surface area contributed by atoms with E-state index in [4.69, 9.17) is 27.9 Å². The monoisotopic (exact) mass is 302 g/mol. The average molecular weight is 303 g/mol. The summed E-state index contributed by atoms with van der Waals surface area (Å²) in [6.07, 6.45) is 0.0895. The molecule has 4 nitrogen and oxygen atoms in total. The fourth-order valence-electron chi connectivity index (χ4n) is 2.12. The number of nitrogens with one attached hydrogen (secondary N) is 1. The number of rotatable bonds is 1. The molecule has 0 bridgehead atoms. The summed E-state index contributed by atoms with van der Waals surface area (Å²) in [7, 11) is 0. The SMILES string of the molecule is C[C@@H]1CN(C(=O)Nc2ccc(Cl)c(Cl)c2)C[C@@H](C)O1. The van der Waals surface area contributed by atoms with Crippen LogP contribution >= 0.6 is 23.2 Å². The minimum atomic E-state index is -0.152. The standard InChI is InChI=1S/C13H16Cl2N2O2/c1-8-6-17(7-9(2)19-8)13(18)16-10-3-4-11(14)12(15)5-10/h3-5,8-9H,6-7H2,1-2H3,(H,16,18)/t8-,9-/m1/s1. The van der Waals surface area contributed by atoms with E-state index >= 15 is 0 Å².